The van der Waals surface area contributed by atoms with E-state index >= 15 is 0 Å². The summed E-state index contributed by atoms with van der Waals surface area (Å²) in [6.45, 7) is 2.66. The highest BCUT2D eigenvalue weighted by Crippen LogP contribution is 2.22. The minimum atomic E-state index is -0.119. The Morgan fingerprint density at radius 1 is 1.19 bits per heavy atom. The van der Waals surface area contributed by atoms with Crippen LogP contribution in [0.3, 0.4) is 0 Å². The lowest BCUT2D eigenvalue weighted by molar-refractivity contribution is -0.140. The molecule has 0 aliphatic carbocycles. The second-order valence-corrected chi connectivity index (χ2v) is 6.98. The summed E-state index contributed by atoms with van der Waals surface area (Å²) in [7, 11) is 0. The lowest BCUT2D eigenvalue weighted by Crippen LogP contribution is -2.52. The minimum Gasteiger partial charge on any atom is -0.378 e. The Bertz CT molecular complexity index is 824. The molecule has 1 atom stereocenters. The SMILES string of the molecule is O=C(CC1CCCO1)N1CC(Cn2nc(-c3ccncc3)ccc2=O)C1. The summed E-state index contributed by atoms with van der Waals surface area (Å²) < 4.78 is 7.03. The molecule has 0 aromatic carbocycles. The lowest BCUT2D eigenvalue weighted by Gasteiger charge is -2.39. The molecule has 7 heteroatoms. The average Bonchev–Trinajstić information content (AvgIpc) is 3.12. The number of hydrogen-bond acceptors (Lipinski definition) is 5. The van der Waals surface area contributed by atoms with E-state index in [1.807, 2.05) is 17.0 Å². The van der Waals surface area contributed by atoms with Gasteiger partial charge >= 0.3 is 0 Å². The maximum absolute atomic E-state index is 12.2. The lowest BCUT2D eigenvalue weighted by atomic mass is 9.99. The van der Waals surface area contributed by atoms with Crippen molar-refractivity contribution in [2.75, 3.05) is 19.7 Å². The Hall–Kier alpha value is -2.54. The Balaban J connectivity index is 1.35. The molecule has 0 spiro atoms. The molecule has 0 radical (unpaired) electrons. The van der Waals surface area contributed by atoms with Crippen molar-refractivity contribution in [1.29, 1.82) is 0 Å². The number of pyridine rings is 1. The second-order valence-electron chi connectivity index (χ2n) is 6.98. The van der Waals surface area contributed by atoms with Gasteiger partial charge in [-0.2, -0.15) is 5.10 Å². The molecule has 1 amide bonds. The number of amides is 1. The number of ether oxygens (including phenoxy) is 1. The number of rotatable bonds is 5. The molecule has 2 fully saturated rings. The van der Waals surface area contributed by atoms with Gasteiger partial charge < -0.3 is 9.64 Å². The summed E-state index contributed by atoms with van der Waals surface area (Å²) in [5.74, 6) is 0.417. The summed E-state index contributed by atoms with van der Waals surface area (Å²) in [5, 5.41) is 4.47. The van der Waals surface area contributed by atoms with Gasteiger partial charge in [0.05, 0.1) is 24.8 Å². The van der Waals surface area contributed by atoms with E-state index < -0.39 is 0 Å². The number of aromatic nitrogens is 3. The summed E-state index contributed by atoms with van der Waals surface area (Å²) >= 11 is 0. The number of likely N-dealkylation sites (tertiary alicyclic amines) is 1. The molecular weight excluding hydrogens is 332 g/mol. The molecule has 0 saturated carbocycles. The van der Waals surface area contributed by atoms with E-state index in [2.05, 4.69) is 10.1 Å². The number of nitrogens with zero attached hydrogens (tertiary/aromatic N) is 4. The highest BCUT2D eigenvalue weighted by atomic mass is 16.5. The fraction of sp³-hybridized carbons (Fsp3) is 0.474. The van der Waals surface area contributed by atoms with Gasteiger partial charge in [-0.25, -0.2) is 4.68 Å². The number of carbonyl (C=O) groups is 1. The van der Waals surface area contributed by atoms with Crippen LogP contribution in [0.2, 0.25) is 0 Å². The molecule has 4 rings (SSSR count). The van der Waals surface area contributed by atoms with Crippen LogP contribution in [0.25, 0.3) is 11.3 Å². The molecule has 7 nitrogen and oxygen atoms in total. The van der Waals surface area contributed by atoms with Crippen LogP contribution in [0, 0.1) is 5.92 Å². The van der Waals surface area contributed by atoms with Crippen LogP contribution in [0.1, 0.15) is 19.3 Å². The maximum Gasteiger partial charge on any atom is 0.266 e. The fourth-order valence-electron chi connectivity index (χ4n) is 3.52. The first-order chi connectivity index (χ1) is 12.7. The molecule has 2 aliphatic heterocycles. The van der Waals surface area contributed by atoms with Crippen LogP contribution in [0.15, 0.2) is 41.5 Å². The van der Waals surface area contributed by atoms with Gasteiger partial charge in [-0.1, -0.05) is 0 Å². The van der Waals surface area contributed by atoms with Crippen molar-refractivity contribution in [2.45, 2.75) is 31.9 Å². The van der Waals surface area contributed by atoms with Crippen LogP contribution >= 0.6 is 0 Å². The van der Waals surface area contributed by atoms with E-state index in [-0.39, 0.29) is 23.5 Å². The van der Waals surface area contributed by atoms with Crippen LogP contribution in [0.5, 0.6) is 0 Å². The minimum absolute atomic E-state index is 0.0860. The van der Waals surface area contributed by atoms with Crippen LogP contribution < -0.4 is 5.56 Å². The smallest absolute Gasteiger partial charge is 0.266 e. The molecule has 26 heavy (non-hydrogen) atoms. The zero-order valence-electron chi connectivity index (χ0n) is 14.6. The Labute approximate surface area is 151 Å². The monoisotopic (exact) mass is 354 g/mol. The van der Waals surface area contributed by atoms with Crippen molar-refractivity contribution in [3.05, 3.63) is 47.0 Å². The van der Waals surface area contributed by atoms with Crippen molar-refractivity contribution in [2.24, 2.45) is 5.92 Å². The predicted molar refractivity (Wildman–Crippen MR) is 95.4 cm³/mol. The summed E-state index contributed by atoms with van der Waals surface area (Å²) in [6.07, 6.45) is 5.99. The van der Waals surface area contributed by atoms with Crippen molar-refractivity contribution in [3.8, 4) is 11.3 Å². The van der Waals surface area contributed by atoms with E-state index in [1.54, 1.807) is 24.5 Å². The molecule has 2 saturated heterocycles. The third kappa shape index (κ3) is 3.67. The van der Waals surface area contributed by atoms with Gasteiger partial charge in [0.25, 0.3) is 5.56 Å². The van der Waals surface area contributed by atoms with E-state index in [4.69, 9.17) is 4.74 Å². The Morgan fingerprint density at radius 3 is 2.73 bits per heavy atom. The van der Waals surface area contributed by atoms with Gasteiger partial charge in [0.2, 0.25) is 5.91 Å². The average molecular weight is 354 g/mol. The standard InChI is InChI=1S/C19H22N4O3/c24-18-4-3-17(15-5-7-20-8-6-15)21-23(18)13-14-11-22(12-14)19(25)10-16-2-1-9-26-16/h3-8,14,16H,1-2,9-13H2. The van der Waals surface area contributed by atoms with Crippen molar-refractivity contribution < 1.29 is 9.53 Å². The second kappa shape index (κ2) is 7.37. The van der Waals surface area contributed by atoms with Gasteiger partial charge in [0.1, 0.15) is 0 Å². The molecular formula is C19H22N4O3. The maximum atomic E-state index is 12.2. The molecule has 0 N–H and O–H groups in total. The highest BCUT2D eigenvalue weighted by molar-refractivity contribution is 5.77. The molecule has 2 aromatic heterocycles. The van der Waals surface area contributed by atoms with Crippen molar-refractivity contribution >= 4 is 5.91 Å². The van der Waals surface area contributed by atoms with Crippen LogP contribution in [-0.2, 0) is 16.1 Å². The quantitative estimate of drug-likeness (QED) is 0.810. The Kier molecular flexibility index (Phi) is 4.79. The largest absolute Gasteiger partial charge is 0.378 e. The van der Waals surface area contributed by atoms with Crippen molar-refractivity contribution in [1.82, 2.24) is 19.7 Å². The summed E-state index contributed by atoms with van der Waals surface area (Å²) in [4.78, 5) is 30.2. The summed E-state index contributed by atoms with van der Waals surface area (Å²) in [6, 6.07) is 7.01. The van der Waals surface area contributed by atoms with Gasteiger partial charge in [0, 0.05) is 49.6 Å². The fourth-order valence-corrected chi connectivity index (χ4v) is 3.52. The third-order valence-electron chi connectivity index (χ3n) is 5.01. The van der Waals surface area contributed by atoms with E-state index in [0.29, 0.717) is 26.1 Å². The Morgan fingerprint density at radius 2 is 2.00 bits per heavy atom. The zero-order valence-corrected chi connectivity index (χ0v) is 14.6. The molecule has 136 valence electrons. The molecule has 2 aliphatic rings. The first-order valence-corrected chi connectivity index (χ1v) is 9.07. The van der Waals surface area contributed by atoms with E-state index in [9.17, 15) is 9.59 Å². The molecule has 1 unspecified atom stereocenters. The zero-order chi connectivity index (χ0) is 17.9. The van der Waals surface area contributed by atoms with Gasteiger partial charge in [-0.15, -0.1) is 0 Å². The van der Waals surface area contributed by atoms with E-state index in [0.717, 1.165) is 30.7 Å². The predicted octanol–water partition coefficient (Wildman–Crippen LogP) is 1.33. The van der Waals surface area contributed by atoms with E-state index in [1.165, 1.54) is 4.68 Å². The number of carbonyl (C=O) groups excluding carboxylic acids is 1. The first-order valence-electron chi connectivity index (χ1n) is 9.07. The highest BCUT2D eigenvalue weighted by Gasteiger charge is 2.33. The topological polar surface area (TPSA) is 77.3 Å². The number of hydrogen-bond donors (Lipinski definition) is 0. The first kappa shape index (κ1) is 16.9. The van der Waals surface area contributed by atoms with Gasteiger partial charge in [-0.05, 0) is 31.0 Å². The normalized spacial score (nSPS) is 20.2. The van der Waals surface area contributed by atoms with Crippen LogP contribution in [-0.4, -0.2) is 51.4 Å². The third-order valence-corrected chi connectivity index (χ3v) is 5.01. The summed E-state index contributed by atoms with van der Waals surface area (Å²) in [5.41, 5.74) is 1.56. The molecule has 2 aromatic rings. The van der Waals surface area contributed by atoms with Crippen LogP contribution in [0.4, 0.5) is 0 Å². The molecule has 4 heterocycles. The van der Waals surface area contributed by atoms with Gasteiger partial charge in [0.15, 0.2) is 0 Å². The van der Waals surface area contributed by atoms with Gasteiger partial charge in [-0.3, -0.25) is 14.6 Å². The van der Waals surface area contributed by atoms with Crippen molar-refractivity contribution in [3.63, 3.8) is 0 Å². The molecule has 0 bridgehead atoms.